The zero-order chi connectivity index (χ0) is 16.2. The molecule has 2 N–H and O–H groups in total. The van der Waals surface area contributed by atoms with Crippen molar-refractivity contribution in [3.63, 3.8) is 0 Å². The number of carboxylic acid groups (broad SMARTS) is 1. The van der Waals surface area contributed by atoms with Crippen LogP contribution in [0.1, 0.15) is 28.4 Å². The monoisotopic (exact) mass is 307 g/mol. The predicted octanol–water partition coefficient (Wildman–Crippen LogP) is 3.50. The quantitative estimate of drug-likeness (QED) is 0.754. The van der Waals surface area contributed by atoms with E-state index in [9.17, 15) is 4.79 Å². The topological polar surface area (TPSA) is 75.1 Å². The number of anilines is 1. The second-order valence-electron chi connectivity index (χ2n) is 5.28. The molecule has 0 atom stereocenters. The molecular weight excluding hydrogens is 290 g/mol. The van der Waals surface area contributed by atoms with E-state index in [1.807, 2.05) is 6.07 Å². The van der Waals surface area contributed by atoms with Gasteiger partial charge in [0.15, 0.2) is 0 Å². The van der Waals surface area contributed by atoms with E-state index in [0.717, 1.165) is 28.7 Å². The highest BCUT2D eigenvalue weighted by atomic mass is 16.4. The zero-order valence-corrected chi connectivity index (χ0v) is 12.8. The van der Waals surface area contributed by atoms with Gasteiger partial charge in [0.2, 0.25) is 0 Å². The number of aryl methyl sites for hydroxylation is 1. The van der Waals surface area contributed by atoms with Crippen LogP contribution in [0.15, 0.2) is 48.8 Å². The summed E-state index contributed by atoms with van der Waals surface area (Å²) in [6, 6.07) is 13.0. The molecule has 23 heavy (non-hydrogen) atoms. The molecule has 0 saturated carbocycles. The predicted molar refractivity (Wildman–Crippen MR) is 89.6 cm³/mol. The van der Waals surface area contributed by atoms with Gasteiger partial charge in [0.25, 0.3) is 0 Å². The van der Waals surface area contributed by atoms with Crippen molar-refractivity contribution in [2.24, 2.45) is 0 Å². The lowest BCUT2D eigenvalue weighted by molar-refractivity contribution is 0.0697. The second kappa shape index (κ2) is 6.44. The Bertz CT molecular complexity index is 845. The van der Waals surface area contributed by atoms with E-state index in [-0.39, 0.29) is 5.56 Å². The Balaban J connectivity index is 1.82. The van der Waals surface area contributed by atoms with E-state index in [1.165, 1.54) is 5.56 Å². The minimum absolute atomic E-state index is 0.286. The van der Waals surface area contributed by atoms with E-state index in [0.29, 0.717) is 6.54 Å². The third kappa shape index (κ3) is 3.29. The molecule has 0 fully saturated rings. The molecule has 0 aliphatic heterocycles. The number of carboxylic acids is 1. The summed E-state index contributed by atoms with van der Waals surface area (Å²) in [5, 5.41) is 13.2. The molecule has 5 heteroatoms. The van der Waals surface area contributed by atoms with Gasteiger partial charge in [-0.15, -0.1) is 0 Å². The highest BCUT2D eigenvalue weighted by molar-refractivity contribution is 5.89. The van der Waals surface area contributed by atoms with Crippen LogP contribution in [-0.4, -0.2) is 21.0 Å². The Morgan fingerprint density at radius 3 is 2.52 bits per heavy atom. The van der Waals surface area contributed by atoms with Crippen LogP contribution in [0, 0.1) is 0 Å². The number of benzene rings is 2. The van der Waals surface area contributed by atoms with Crippen molar-refractivity contribution in [3.05, 3.63) is 65.5 Å². The van der Waals surface area contributed by atoms with Gasteiger partial charge in [-0.05, 0) is 41.8 Å². The Morgan fingerprint density at radius 2 is 1.83 bits per heavy atom. The lowest BCUT2D eigenvalue weighted by Gasteiger charge is -2.09. The maximum Gasteiger partial charge on any atom is 0.335 e. The van der Waals surface area contributed by atoms with Crippen LogP contribution < -0.4 is 5.32 Å². The third-order valence-electron chi connectivity index (χ3n) is 3.77. The SMILES string of the molecule is CCc1ccc2ncnc(NCc3ccc(C(=O)O)cc3)c2c1. The van der Waals surface area contributed by atoms with Gasteiger partial charge in [-0.3, -0.25) is 0 Å². The summed E-state index contributed by atoms with van der Waals surface area (Å²) in [7, 11) is 0. The fourth-order valence-corrected chi connectivity index (χ4v) is 2.42. The molecule has 0 radical (unpaired) electrons. The molecule has 3 aromatic rings. The molecule has 0 aliphatic rings. The van der Waals surface area contributed by atoms with E-state index in [4.69, 9.17) is 5.11 Å². The molecule has 0 spiro atoms. The average Bonchev–Trinajstić information content (AvgIpc) is 2.59. The lowest BCUT2D eigenvalue weighted by Crippen LogP contribution is -2.03. The first-order valence-electron chi connectivity index (χ1n) is 7.47. The van der Waals surface area contributed by atoms with Gasteiger partial charge in [-0.1, -0.05) is 25.1 Å². The van der Waals surface area contributed by atoms with Gasteiger partial charge < -0.3 is 10.4 Å². The van der Waals surface area contributed by atoms with Crippen LogP contribution in [0.3, 0.4) is 0 Å². The Labute approximate surface area is 134 Å². The molecule has 1 heterocycles. The summed E-state index contributed by atoms with van der Waals surface area (Å²) >= 11 is 0. The number of hydrogen-bond acceptors (Lipinski definition) is 4. The van der Waals surface area contributed by atoms with Crippen molar-refractivity contribution in [1.82, 2.24) is 9.97 Å². The van der Waals surface area contributed by atoms with E-state index in [1.54, 1.807) is 30.6 Å². The summed E-state index contributed by atoms with van der Waals surface area (Å²) in [5.74, 6) is -0.133. The standard InChI is InChI=1S/C18H17N3O2/c1-2-12-5-8-16-15(9-12)17(21-11-20-16)19-10-13-3-6-14(7-4-13)18(22)23/h3-9,11H,2,10H2,1H3,(H,22,23)(H,19,20,21). The van der Waals surface area contributed by atoms with Crippen molar-refractivity contribution in [2.75, 3.05) is 5.32 Å². The van der Waals surface area contributed by atoms with Gasteiger partial charge >= 0.3 is 5.97 Å². The van der Waals surface area contributed by atoms with Crippen LogP contribution in [-0.2, 0) is 13.0 Å². The minimum Gasteiger partial charge on any atom is -0.478 e. The van der Waals surface area contributed by atoms with Crippen LogP contribution >= 0.6 is 0 Å². The second-order valence-corrected chi connectivity index (χ2v) is 5.28. The first-order valence-corrected chi connectivity index (χ1v) is 7.47. The van der Waals surface area contributed by atoms with Gasteiger partial charge in [-0.2, -0.15) is 0 Å². The smallest absolute Gasteiger partial charge is 0.335 e. The Morgan fingerprint density at radius 1 is 1.09 bits per heavy atom. The number of nitrogens with one attached hydrogen (secondary N) is 1. The average molecular weight is 307 g/mol. The van der Waals surface area contributed by atoms with Gasteiger partial charge in [0, 0.05) is 11.9 Å². The summed E-state index contributed by atoms with van der Waals surface area (Å²) in [6.45, 7) is 2.68. The van der Waals surface area contributed by atoms with Crippen molar-refractivity contribution in [2.45, 2.75) is 19.9 Å². The fourth-order valence-electron chi connectivity index (χ4n) is 2.42. The molecule has 5 nitrogen and oxygen atoms in total. The molecule has 2 aromatic carbocycles. The number of fused-ring (bicyclic) bond motifs is 1. The number of aromatic nitrogens is 2. The first kappa shape index (κ1) is 15.0. The number of carbonyl (C=O) groups is 1. The van der Waals surface area contributed by atoms with Crippen molar-refractivity contribution in [1.29, 1.82) is 0 Å². The minimum atomic E-state index is -0.918. The van der Waals surface area contributed by atoms with Crippen LogP contribution in [0.25, 0.3) is 10.9 Å². The van der Waals surface area contributed by atoms with Gasteiger partial charge in [0.1, 0.15) is 12.1 Å². The summed E-state index contributed by atoms with van der Waals surface area (Å²) in [5.41, 5.74) is 3.42. The molecule has 0 amide bonds. The first-order chi connectivity index (χ1) is 11.2. The summed E-state index contributed by atoms with van der Waals surface area (Å²) in [6.07, 6.45) is 2.50. The summed E-state index contributed by atoms with van der Waals surface area (Å²) < 4.78 is 0. The zero-order valence-electron chi connectivity index (χ0n) is 12.8. The fraction of sp³-hybridized carbons (Fsp3) is 0.167. The van der Waals surface area contributed by atoms with Crippen LogP contribution in [0.2, 0.25) is 0 Å². The van der Waals surface area contributed by atoms with Crippen LogP contribution in [0.4, 0.5) is 5.82 Å². The van der Waals surface area contributed by atoms with Gasteiger partial charge in [-0.25, -0.2) is 14.8 Å². The van der Waals surface area contributed by atoms with Gasteiger partial charge in [0.05, 0.1) is 11.1 Å². The van der Waals surface area contributed by atoms with Crippen molar-refractivity contribution < 1.29 is 9.90 Å². The normalized spacial score (nSPS) is 10.7. The number of nitrogens with zero attached hydrogens (tertiary/aromatic N) is 2. The molecule has 0 aliphatic carbocycles. The largest absolute Gasteiger partial charge is 0.478 e. The number of aromatic carboxylic acids is 1. The maximum atomic E-state index is 10.9. The van der Waals surface area contributed by atoms with E-state index < -0.39 is 5.97 Å². The Hall–Kier alpha value is -2.95. The lowest BCUT2D eigenvalue weighted by atomic mass is 10.1. The Kier molecular flexibility index (Phi) is 4.19. The molecule has 0 unspecified atom stereocenters. The molecule has 0 saturated heterocycles. The number of hydrogen-bond donors (Lipinski definition) is 2. The van der Waals surface area contributed by atoms with E-state index >= 15 is 0 Å². The van der Waals surface area contributed by atoms with Crippen molar-refractivity contribution >= 4 is 22.7 Å². The molecule has 0 bridgehead atoms. The molecule has 3 rings (SSSR count). The third-order valence-corrected chi connectivity index (χ3v) is 3.77. The molecule has 116 valence electrons. The molecular formula is C18H17N3O2. The highest BCUT2D eigenvalue weighted by Crippen LogP contribution is 2.21. The number of rotatable bonds is 5. The van der Waals surface area contributed by atoms with E-state index in [2.05, 4.69) is 34.3 Å². The van der Waals surface area contributed by atoms with Crippen LogP contribution in [0.5, 0.6) is 0 Å². The maximum absolute atomic E-state index is 10.9. The highest BCUT2D eigenvalue weighted by Gasteiger charge is 2.05. The van der Waals surface area contributed by atoms with Crippen molar-refractivity contribution in [3.8, 4) is 0 Å². The molecule has 1 aromatic heterocycles. The summed E-state index contributed by atoms with van der Waals surface area (Å²) in [4.78, 5) is 19.5.